The third-order valence-corrected chi connectivity index (χ3v) is 3.31. The number of nitrogens with one attached hydrogen (secondary N) is 2. The van der Waals surface area contributed by atoms with Gasteiger partial charge in [-0.1, -0.05) is 18.2 Å². The molecule has 0 aliphatic heterocycles. The van der Waals surface area contributed by atoms with Crippen LogP contribution in [0.15, 0.2) is 30.5 Å². The van der Waals surface area contributed by atoms with E-state index in [0.717, 1.165) is 16.5 Å². The summed E-state index contributed by atoms with van der Waals surface area (Å²) in [6.07, 6.45) is 2.50. The molecule has 0 aliphatic rings. The van der Waals surface area contributed by atoms with Gasteiger partial charge in [-0.3, -0.25) is 4.79 Å². The summed E-state index contributed by atoms with van der Waals surface area (Å²) in [4.78, 5) is 15.0. The topological polar surface area (TPSA) is 91.1 Å². The lowest BCUT2D eigenvalue weighted by molar-refractivity contribution is -0.122. The van der Waals surface area contributed by atoms with Crippen LogP contribution in [0.3, 0.4) is 0 Å². The van der Waals surface area contributed by atoms with Crippen LogP contribution in [0, 0.1) is 0 Å². The van der Waals surface area contributed by atoms with Gasteiger partial charge in [0.2, 0.25) is 5.91 Å². The maximum Gasteiger partial charge on any atom is 0.237 e. The molecule has 1 heterocycles. The zero-order valence-corrected chi connectivity index (χ0v) is 11.6. The highest BCUT2D eigenvalue weighted by molar-refractivity contribution is 5.86. The SMILES string of the molecule is CC(O)CCNC(=O)C(N)Cc1c[nH]c2ccccc12. The van der Waals surface area contributed by atoms with E-state index in [1.54, 1.807) is 6.92 Å². The minimum atomic E-state index is -0.580. The van der Waals surface area contributed by atoms with E-state index in [1.165, 1.54) is 0 Å². The summed E-state index contributed by atoms with van der Waals surface area (Å²) in [6, 6.07) is 7.36. The molecule has 0 saturated heterocycles. The molecule has 2 atom stereocenters. The van der Waals surface area contributed by atoms with Crippen LogP contribution in [0.5, 0.6) is 0 Å². The largest absolute Gasteiger partial charge is 0.393 e. The number of aliphatic hydroxyl groups excluding tert-OH is 1. The Hall–Kier alpha value is -1.85. The maximum atomic E-state index is 11.9. The molecule has 0 bridgehead atoms. The van der Waals surface area contributed by atoms with Gasteiger partial charge in [0.25, 0.3) is 0 Å². The molecule has 0 fully saturated rings. The van der Waals surface area contributed by atoms with Gasteiger partial charge in [-0.2, -0.15) is 0 Å². The first-order valence-corrected chi connectivity index (χ1v) is 6.84. The molecule has 20 heavy (non-hydrogen) atoms. The summed E-state index contributed by atoms with van der Waals surface area (Å²) < 4.78 is 0. The van der Waals surface area contributed by atoms with E-state index in [2.05, 4.69) is 10.3 Å². The lowest BCUT2D eigenvalue weighted by atomic mass is 10.1. The Morgan fingerprint density at radius 3 is 2.95 bits per heavy atom. The number of para-hydroxylation sites is 1. The van der Waals surface area contributed by atoms with Gasteiger partial charge in [0, 0.05) is 23.6 Å². The number of hydrogen-bond donors (Lipinski definition) is 4. The van der Waals surface area contributed by atoms with E-state index in [0.29, 0.717) is 19.4 Å². The van der Waals surface area contributed by atoms with Crippen LogP contribution in [0.25, 0.3) is 10.9 Å². The van der Waals surface area contributed by atoms with Crippen molar-refractivity contribution in [3.8, 4) is 0 Å². The van der Waals surface area contributed by atoms with E-state index in [9.17, 15) is 4.79 Å². The number of aliphatic hydroxyl groups is 1. The molecule has 0 spiro atoms. The summed E-state index contributed by atoms with van der Waals surface area (Å²) in [5.41, 5.74) is 8.01. The molecule has 2 unspecified atom stereocenters. The van der Waals surface area contributed by atoms with Gasteiger partial charge < -0.3 is 21.1 Å². The van der Waals surface area contributed by atoms with E-state index in [-0.39, 0.29) is 5.91 Å². The number of amides is 1. The lowest BCUT2D eigenvalue weighted by Crippen LogP contribution is -2.42. The van der Waals surface area contributed by atoms with Crippen molar-refractivity contribution in [2.75, 3.05) is 6.54 Å². The van der Waals surface area contributed by atoms with Crippen molar-refractivity contribution in [1.82, 2.24) is 10.3 Å². The van der Waals surface area contributed by atoms with Crippen molar-refractivity contribution in [3.05, 3.63) is 36.0 Å². The average Bonchev–Trinajstić information content (AvgIpc) is 2.81. The van der Waals surface area contributed by atoms with Crippen molar-refractivity contribution in [2.24, 2.45) is 5.73 Å². The van der Waals surface area contributed by atoms with E-state index in [1.807, 2.05) is 30.5 Å². The molecule has 0 saturated carbocycles. The van der Waals surface area contributed by atoms with Crippen molar-refractivity contribution < 1.29 is 9.90 Å². The first-order valence-electron chi connectivity index (χ1n) is 6.84. The van der Waals surface area contributed by atoms with Crippen LogP contribution >= 0.6 is 0 Å². The molecular weight excluding hydrogens is 254 g/mol. The Morgan fingerprint density at radius 2 is 2.20 bits per heavy atom. The van der Waals surface area contributed by atoms with Crippen molar-refractivity contribution in [1.29, 1.82) is 0 Å². The second-order valence-corrected chi connectivity index (χ2v) is 5.10. The first kappa shape index (κ1) is 14.6. The van der Waals surface area contributed by atoms with Crippen LogP contribution in [0.1, 0.15) is 18.9 Å². The summed E-state index contributed by atoms with van der Waals surface area (Å²) in [6.45, 7) is 2.14. The fraction of sp³-hybridized carbons (Fsp3) is 0.400. The molecule has 1 amide bonds. The Bertz CT molecular complexity index is 577. The molecular formula is C15H21N3O2. The molecule has 108 valence electrons. The predicted octanol–water partition coefficient (Wildman–Crippen LogP) is 0.925. The monoisotopic (exact) mass is 275 g/mol. The van der Waals surface area contributed by atoms with E-state index >= 15 is 0 Å². The number of aromatic nitrogens is 1. The molecule has 0 radical (unpaired) electrons. The van der Waals surface area contributed by atoms with Gasteiger partial charge in [-0.25, -0.2) is 0 Å². The fourth-order valence-electron chi connectivity index (χ4n) is 2.17. The Labute approximate surface area is 118 Å². The predicted molar refractivity (Wildman–Crippen MR) is 79.3 cm³/mol. The van der Waals surface area contributed by atoms with Crippen molar-refractivity contribution in [3.63, 3.8) is 0 Å². The highest BCUT2D eigenvalue weighted by Crippen LogP contribution is 2.18. The Kier molecular flexibility index (Phi) is 4.76. The Balaban J connectivity index is 1.93. The third-order valence-electron chi connectivity index (χ3n) is 3.31. The highest BCUT2D eigenvalue weighted by Gasteiger charge is 2.15. The zero-order valence-electron chi connectivity index (χ0n) is 11.6. The molecule has 1 aromatic heterocycles. The standard InChI is InChI=1S/C15H21N3O2/c1-10(19)6-7-17-15(20)13(16)8-11-9-18-14-5-3-2-4-12(11)14/h2-5,9-10,13,18-19H,6-8,16H2,1H3,(H,17,20). The van der Waals surface area contributed by atoms with Gasteiger partial charge in [0.05, 0.1) is 12.1 Å². The van der Waals surface area contributed by atoms with Crippen LogP contribution < -0.4 is 11.1 Å². The maximum absolute atomic E-state index is 11.9. The van der Waals surface area contributed by atoms with Gasteiger partial charge in [-0.15, -0.1) is 0 Å². The minimum Gasteiger partial charge on any atom is -0.393 e. The lowest BCUT2D eigenvalue weighted by Gasteiger charge is -2.12. The smallest absolute Gasteiger partial charge is 0.237 e. The zero-order chi connectivity index (χ0) is 14.5. The highest BCUT2D eigenvalue weighted by atomic mass is 16.3. The summed E-state index contributed by atoms with van der Waals surface area (Å²) in [5, 5.41) is 13.0. The number of benzene rings is 1. The number of carbonyl (C=O) groups is 1. The number of rotatable bonds is 6. The van der Waals surface area contributed by atoms with Crippen LogP contribution in [-0.2, 0) is 11.2 Å². The average molecular weight is 275 g/mol. The number of hydrogen-bond acceptors (Lipinski definition) is 3. The Morgan fingerprint density at radius 1 is 1.45 bits per heavy atom. The van der Waals surface area contributed by atoms with Crippen LogP contribution in [0.2, 0.25) is 0 Å². The second kappa shape index (κ2) is 6.54. The number of aromatic amines is 1. The van der Waals surface area contributed by atoms with Crippen LogP contribution in [0.4, 0.5) is 0 Å². The van der Waals surface area contributed by atoms with E-state index in [4.69, 9.17) is 10.8 Å². The van der Waals surface area contributed by atoms with Gasteiger partial charge in [0.1, 0.15) is 0 Å². The third kappa shape index (κ3) is 3.59. The second-order valence-electron chi connectivity index (χ2n) is 5.10. The summed E-state index contributed by atoms with van der Waals surface area (Å²) in [5.74, 6) is -0.184. The molecule has 1 aromatic carbocycles. The fourth-order valence-corrected chi connectivity index (χ4v) is 2.17. The van der Waals surface area contributed by atoms with E-state index < -0.39 is 12.1 Å². The quantitative estimate of drug-likeness (QED) is 0.632. The van der Waals surface area contributed by atoms with Crippen molar-refractivity contribution >= 4 is 16.8 Å². The number of H-pyrrole nitrogens is 1. The summed E-state index contributed by atoms with van der Waals surface area (Å²) in [7, 11) is 0. The molecule has 5 heteroatoms. The molecule has 5 N–H and O–H groups in total. The normalized spacial score (nSPS) is 14.2. The van der Waals surface area contributed by atoms with Crippen molar-refractivity contribution in [2.45, 2.75) is 31.9 Å². The van der Waals surface area contributed by atoms with Crippen LogP contribution in [-0.4, -0.2) is 34.7 Å². The van der Waals surface area contributed by atoms with Gasteiger partial charge in [-0.05, 0) is 31.4 Å². The molecule has 2 rings (SSSR count). The minimum absolute atomic E-state index is 0.184. The van der Waals surface area contributed by atoms with Gasteiger partial charge in [0.15, 0.2) is 0 Å². The number of nitrogens with two attached hydrogens (primary N) is 1. The van der Waals surface area contributed by atoms with Gasteiger partial charge >= 0.3 is 0 Å². The molecule has 5 nitrogen and oxygen atoms in total. The molecule has 2 aromatic rings. The first-order chi connectivity index (χ1) is 9.58. The number of fused-ring (bicyclic) bond motifs is 1. The summed E-state index contributed by atoms with van der Waals surface area (Å²) >= 11 is 0. The number of carbonyl (C=O) groups excluding carboxylic acids is 1. The molecule has 0 aliphatic carbocycles.